The molecule has 116 valence electrons. The molecule has 0 fully saturated rings. The molecule has 1 amide bonds. The fourth-order valence-corrected chi connectivity index (χ4v) is 3.58. The molecule has 3 N–H and O–H groups in total. The molecule has 5 nitrogen and oxygen atoms in total. The van der Waals surface area contributed by atoms with E-state index in [0.29, 0.717) is 17.1 Å². The van der Waals surface area contributed by atoms with Gasteiger partial charge in [-0.25, -0.2) is 13.9 Å². The van der Waals surface area contributed by atoms with Crippen LogP contribution in [0.15, 0.2) is 12.3 Å². The summed E-state index contributed by atoms with van der Waals surface area (Å²) in [4.78, 5) is 16.2. The number of pyridine rings is 1. The van der Waals surface area contributed by atoms with Gasteiger partial charge in [-0.15, -0.1) is 0 Å². The first kappa shape index (κ1) is 16.4. The van der Waals surface area contributed by atoms with Crippen LogP contribution in [0.5, 0.6) is 0 Å². The zero-order chi connectivity index (χ0) is 15.8. The zero-order valence-corrected chi connectivity index (χ0v) is 14.0. The van der Waals surface area contributed by atoms with E-state index in [4.69, 9.17) is 17.3 Å². The summed E-state index contributed by atoms with van der Waals surface area (Å²) < 4.78 is 14.9. The topological polar surface area (TPSA) is 85.1 Å². The molecule has 0 radical (unpaired) electrons. The van der Waals surface area contributed by atoms with Crippen molar-refractivity contribution >= 4 is 28.5 Å². The number of primary amides is 1. The number of aromatic nitrogens is 1. The molecule has 2 unspecified atom stereocenters. The van der Waals surface area contributed by atoms with Gasteiger partial charge in [0.05, 0.1) is 15.7 Å². The van der Waals surface area contributed by atoms with Gasteiger partial charge in [0.1, 0.15) is 10.7 Å². The summed E-state index contributed by atoms with van der Waals surface area (Å²) in [6.45, 7) is 5.53. The fraction of sp³-hybridized carbons (Fsp3) is 0.571. The van der Waals surface area contributed by atoms with Gasteiger partial charge in [-0.3, -0.25) is 4.79 Å². The number of nitrogens with one attached hydrogen (secondary N) is 1. The summed E-state index contributed by atoms with van der Waals surface area (Å²) in [5.41, 5.74) is 6.11. The average molecular weight is 330 g/mol. The monoisotopic (exact) mass is 329 g/mol. The van der Waals surface area contributed by atoms with Gasteiger partial charge < -0.3 is 5.73 Å². The smallest absolute Gasteiger partial charge is 0.243 e. The lowest BCUT2D eigenvalue weighted by molar-refractivity contribution is -0.124. The Morgan fingerprint density at radius 3 is 2.76 bits per heavy atom. The highest BCUT2D eigenvalue weighted by Crippen LogP contribution is 2.36. The van der Waals surface area contributed by atoms with Crippen LogP contribution in [0.1, 0.15) is 44.7 Å². The Hall–Kier alpha value is -0.980. The largest absolute Gasteiger partial charge is 0.368 e. The summed E-state index contributed by atoms with van der Waals surface area (Å²) >= 11 is 5.92. The van der Waals surface area contributed by atoms with Crippen LogP contribution in [0.2, 0.25) is 5.15 Å². The Bertz CT molecular complexity index is 600. The number of fused-ring (bicyclic) bond motifs is 1. The zero-order valence-electron chi connectivity index (χ0n) is 12.4. The van der Waals surface area contributed by atoms with E-state index in [9.17, 15) is 9.00 Å². The number of nitrogens with zero attached hydrogens (tertiary/aromatic N) is 1. The second-order valence-corrected chi connectivity index (χ2v) is 8.62. The van der Waals surface area contributed by atoms with Crippen molar-refractivity contribution in [2.45, 2.75) is 50.3 Å². The van der Waals surface area contributed by atoms with Gasteiger partial charge in [0.15, 0.2) is 0 Å². The van der Waals surface area contributed by atoms with Crippen molar-refractivity contribution in [1.82, 2.24) is 9.71 Å². The molecule has 0 bridgehead atoms. The minimum atomic E-state index is -1.42. The molecule has 1 aromatic rings. The number of carbonyl (C=O) groups is 1. The van der Waals surface area contributed by atoms with Gasteiger partial charge >= 0.3 is 0 Å². The van der Waals surface area contributed by atoms with Crippen LogP contribution in [-0.2, 0) is 27.7 Å². The standard InChI is InChI=1S/C14H20ClN3O2S/c1-13(2,3)21(20)18-14(12(16)19)6-4-5-9-7-11(15)17-8-10(9)14/h7-8,18H,4-6H2,1-3H3,(H2,16,19). The third-order valence-corrected chi connectivity index (χ3v) is 5.51. The highest BCUT2D eigenvalue weighted by Gasteiger charge is 2.45. The van der Waals surface area contributed by atoms with Crippen LogP contribution in [0.3, 0.4) is 0 Å². The predicted molar refractivity (Wildman–Crippen MR) is 84.1 cm³/mol. The molecule has 0 aromatic carbocycles. The van der Waals surface area contributed by atoms with Crippen LogP contribution in [0, 0.1) is 0 Å². The van der Waals surface area contributed by atoms with E-state index in [0.717, 1.165) is 18.4 Å². The van der Waals surface area contributed by atoms with Crippen molar-refractivity contribution < 1.29 is 9.00 Å². The number of rotatable bonds is 3. The molecular weight excluding hydrogens is 310 g/mol. The Balaban J connectivity index is 2.51. The van der Waals surface area contributed by atoms with Crippen LogP contribution < -0.4 is 10.5 Å². The van der Waals surface area contributed by atoms with E-state index in [1.54, 1.807) is 12.3 Å². The summed E-state index contributed by atoms with van der Waals surface area (Å²) in [5, 5.41) is 0.381. The number of amides is 1. The molecule has 1 aromatic heterocycles. The first-order valence-corrected chi connectivity index (χ1v) is 8.34. The van der Waals surface area contributed by atoms with Crippen LogP contribution >= 0.6 is 11.6 Å². The van der Waals surface area contributed by atoms with Crippen LogP contribution in [-0.4, -0.2) is 19.8 Å². The fourth-order valence-electron chi connectivity index (χ4n) is 2.46. The highest BCUT2D eigenvalue weighted by molar-refractivity contribution is 7.84. The molecule has 2 rings (SSSR count). The van der Waals surface area contributed by atoms with E-state index in [1.165, 1.54) is 0 Å². The minimum Gasteiger partial charge on any atom is -0.368 e. The van der Waals surface area contributed by atoms with Crippen molar-refractivity contribution in [2.75, 3.05) is 0 Å². The minimum absolute atomic E-state index is 0.381. The van der Waals surface area contributed by atoms with Crippen molar-refractivity contribution in [2.24, 2.45) is 5.73 Å². The number of halogens is 1. The Morgan fingerprint density at radius 2 is 2.19 bits per heavy atom. The number of hydrogen-bond acceptors (Lipinski definition) is 3. The molecule has 21 heavy (non-hydrogen) atoms. The highest BCUT2D eigenvalue weighted by atomic mass is 35.5. The Morgan fingerprint density at radius 1 is 1.52 bits per heavy atom. The van der Waals surface area contributed by atoms with Crippen molar-refractivity contribution in [3.63, 3.8) is 0 Å². The maximum absolute atomic E-state index is 12.5. The molecule has 0 saturated carbocycles. The molecule has 0 spiro atoms. The van der Waals surface area contributed by atoms with Crippen molar-refractivity contribution in [3.8, 4) is 0 Å². The van der Waals surface area contributed by atoms with Gasteiger partial charge in [0.25, 0.3) is 0 Å². The molecular formula is C14H20ClN3O2S. The lowest BCUT2D eigenvalue weighted by atomic mass is 9.77. The van der Waals surface area contributed by atoms with E-state index in [1.807, 2.05) is 20.8 Å². The Labute approximate surface area is 132 Å². The molecule has 2 atom stereocenters. The van der Waals surface area contributed by atoms with Crippen LogP contribution in [0.25, 0.3) is 0 Å². The molecule has 1 heterocycles. The third kappa shape index (κ3) is 3.12. The quantitative estimate of drug-likeness (QED) is 0.829. The van der Waals surface area contributed by atoms with Gasteiger partial charge in [0, 0.05) is 11.8 Å². The lowest BCUT2D eigenvalue weighted by Gasteiger charge is -2.38. The molecule has 7 heteroatoms. The molecule has 0 aliphatic heterocycles. The van der Waals surface area contributed by atoms with Gasteiger partial charge in [-0.05, 0) is 51.7 Å². The van der Waals surface area contributed by atoms with Gasteiger partial charge in [-0.1, -0.05) is 11.6 Å². The lowest BCUT2D eigenvalue weighted by Crippen LogP contribution is -2.57. The molecule has 1 aliphatic rings. The van der Waals surface area contributed by atoms with Gasteiger partial charge in [-0.2, -0.15) is 0 Å². The van der Waals surface area contributed by atoms with Crippen LogP contribution in [0.4, 0.5) is 0 Å². The average Bonchev–Trinajstić information content (AvgIpc) is 2.36. The number of hydrogen-bond donors (Lipinski definition) is 2. The summed E-state index contributed by atoms with van der Waals surface area (Å²) in [6.07, 6.45) is 3.63. The first-order chi connectivity index (χ1) is 9.67. The molecule has 0 saturated heterocycles. The van der Waals surface area contributed by atoms with Crippen molar-refractivity contribution in [1.29, 1.82) is 0 Å². The Kier molecular flexibility index (Phi) is 4.42. The second kappa shape index (κ2) is 5.66. The van der Waals surface area contributed by atoms with E-state index < -0.39 is 27.2 Å². The van der Waals surface area contributed by atoms with Crippen molar-refractivity contribution in [3.05, 3.63) is 28.5 Å². The van der Waals surface area contributed by atoms with E-state index in [-0.39, 0.29) is 0 Å². The second-order valence-electron chi connectivity index (χ2n) is 6.27. The maximum atomic E-state index is 12.5. The van der Waals surface area contributed by atoms with E-state index >= 15 is 0 Å². The predicted octanol–water partition coefficient (Wildman–Crippen LogP) is 1.80. The number of carbonyl (C=O) groups excluding carboxylic acids is 1. The summed E-state index contributed by atoms with van der Waals surface area (Å²) in [5.74, 6) is -0.537. The number of aryl methyl sites for hydroxylation is 1. The maximum Gasteiger partial charge on any atom is 0.243 e. The van der Waals surface area contributed by atoms with E-state index in [2.05, 4.69) is 9.71 Å². The SMILES string of the molecule is CC(C)(C)S(=O)NC1(C(N)=O)CCCc2cc(Cl)ncc21. The summed E-state index contributed by atoms with van der Waals surface area (Å²) in [7, 11) is -1.42. The normalized spacial score (nSPS) is 23.4. The molecule has 1 aliphatic carbocycles. The summed E-state index contributed by atoms with van der Waals surface area (Å²) in [6, 6.07) is 1.75. The first-order valence-electron chi connectivity index (χ1n) is 6.81. The van der Waals surface area contributed by atoms with Gasteiger partial charge in [0.2, 0.25) is 5.91 Å². The number of nitrogens with two attached hydrogens (primary N) is 1. The third-order valence-electron chi connectivity index (χ3n) is 3.66.